The second kappa shape index (κ2) is 7.90. The van der Waals surface area contributed by atoms with E-state index in [-0.39, 0.29) is 16.9 Å². The molecule has 0 fully saturated rings. The molecule has 0 radical (unpaired) electrons. The van der Waals surface area contributed by atoms with Gasteiger partial charge in [0.25, 0.3) is 0 Å². The Morgan fingerprint density at radius 3 is 1.79 bits per heavy atom. The highest BCUT2D eigenvalue weighted by Gasteiger charge is 2.28. The summed E-state index contributed by atoms with van der Waals surface area (Å²) in [6, 6.07) is 20.5. The van der Waals surface area contributed by atoms with Gasteiger partial charge in [-0.1, -0.05) is 77.9 Å². The van der Waals surface area contributed by atoms with Crippen LogP contribution in [0.25, 0.3) is 0 Å². The topological polar surface area (TPSA) is 45.2 Å². The number of phenols is 1. The van der Waals surface area contributed by atoms with E-state index >= 15 is 0 Å². The number of aromatic hydroxyl groups is 1. The first-order valence-electron chi connectivity index (χ1n) is 10.2. The molecular formula is C26H32N2O. The number of hydrogen-bond donors (Lipinski definition) is 2. The van der Waals surface area contributed by atoms with Crippen LogP contribution in [0.5, 0.6) is 5.75 Å². The number of aromatic nitrogens is 1. The van der Waals surface area contributed by atoms with Gasteiger partial charge >= 0.3 is 0 Å². The molecule has 2 aromatic carbocycles. The molecule has 29 heavy (non-hydrogen) atoms. The van der Waals surface area contributed by atoms with Crippen LogP contribution in [0.3, 0.4) is 0 Å². The SMILES string of the molecule is CC(C)(C)c1cc([C@@H](Nc2ccccn2)c2ccccc2)cc(C(C)(C)C)c1O. The van der Waals surface area contributed by atoms with Gasteiger partial charge < -0.3 is 10.4 Å². The predicted octanol–water partition coefficient (Wildman–Crippen LogP) is 6.58. The van der Waals surface area contributed by atoms with Gasteiger partial charge in [-0.15, -0.1) is 0 Å². The smallest absolute Gasteiger partial charge is 0.126 e. The van der Waals surface area contributed by atoms with Crippen LogP contribution in [0.4, 0.5) is 5.82 Å². The van der Waals surface area contributed by atoms with Crippen LogP contribution in [0.15, 0.2) is 66.9 Å². The van der Waals surface area contributed by atoms with Gasteiger partial charge in [-0.05, 0) is 57.3 Å². The Labute approximate surface area is 174 Å². The summed E-state index contributed by atoms with van der Waals surface area (Å²) in [6.07, 6.45) is 1.79. The number of pyridine rings is 1. The van der Waals surface area contributed by atoms with Gasteiger partial charge in [-0.3, -0.25) is 0 Å². The van der Waals surface area contributed by atoms with Crippen molar-refractivity contribution in [1.29, 1.82) is 0 Å². The predicted molar refractivity (Wildman–Crippen MR) is 122 cm³/mol. The standard InChI is InChI=1S/C26H32N2O/c1-25(2,3)20-16-19(17-21(24(20)29)26(4,5)6)23(18-12-8-7-9-13-18)28-22-14-10-11-15-27-22/h7-17,23,29H,1-6H3,(H,27,28)/t23-/m0/s1. The van der Waals surface area contributed by atoms with E-state index in [1.165, 1.54) is 0 Å². The van der Waals surface area contributed by atoms with Crippen molar-refractivity contribution in [2.45, 2.75) is 58.4 Å². The first kappa shape index (κ1) is 20.9. The minimum atomic E-state index is -0.174. The molecular weight excluding hydrogens is 356 g/mol. The van der Waals surface area contributed by atoms with Crippen molar-refractivity contribution in [3.8, 4) is 5.75 Å². The van der Waals surface area contributed by atoms with Crippen LogP contribution < -0.4 is 5.32 Å². The second-order valence-electron chi connectivity index (χ2n) is 9.67. The summed E-state index contributed by atoms with van der Waals surface area (Å²) >= 11 is 0. The summed E-state index contributed by atoms with van der Waals surface area (Å²) in [5, 5.41) is 14.7. The number of rotatable bonds is 4. The van der Waals surface area contributed by atoms with Gasteiger partial charge in [-0.2, -0.15) is 0 Å². The van der Waals surface area contributed by atoms with E-state index in [1.54, 1.807) is 6.20 Å². The van der Waals surface area contributed by atoms with E-state index in [1.807, 2.05) is 24.3 Å². The summed E-state index contributed by atoms with van der Waals surface area (Å²) < 4.78 is 0. The van der Waals surface area contributed by atoms with Crippen LogP contribution in [0.1, 0.15) is 69.8 Å². The quantitative estimate of drug-likeness (QED) is 0.530. The monoisotopic (exact) mass is 388 g/mol. The van der Waals surface area contributed by atoms with Gasteiger partial charge in [0.05, 0.1) is 6.04 Å². The van der Waals surface area contributed by atoms with Crippen molar-refractivity contribution in [1.82, 2.24) is 4.98 Å². The molecule has 0 unspecified atom stereocenters. The lowest BCUT2D eigenvalue weighted by atomic mass is 9.77. The summed E-state index contributed by atoms with van der Waals surface area (Å²) in [5.74, 6) is 1.22. The molecule has 0 aliphatic carbocycles. The minimum Gasteiger partial charge on any atom is -0.507 e. The van der Waals surface area contributed by atoms with Crippen LogP contribution in [0.2, 0.25) is 0 Å². The molecule has 0 saturated heterocycles. The summed E-state index contributed by atoms with van der Waals surface area (Å²) in [6.45, 7) is 12.8. The van der Waals surface area contributed by atoms with Crippen LogP contribution in [-0.2, 0) is 10.8 Å². The molecule has 0 amide bonds. The fourth-order valence-electron chi connectivity index (χ4n) is 3.57. The van der Waals surface area contributed by atoms with Crippen LogP contribution in [-0.4, -0.2) is 10.1 Å². The molecule has 0 spiro atoms. The van der Waals surface area contributed by atoms with E-state index < -0.39 is 0 Å². The van der Waals surface area contributed by atoms with Gasteiger partial charge in [-0.25, -0.2) is 4.98 Å². The van der Waals surface area contributed by atoms with Crippen molar-refractivity contribution in [2.75, 3.05) is 5.32 Å². The Morgan fingerprint density at radius 1 is 0.759 bits per heavy atom. The van der Waals surface area contributed by atoms with E-state index in [2.05, 4.69) is 88.2 Å². The Balaban J connectivity index is 2.21. The zero-order valence-corrected chi connectivity index (χ0v) is 18.3. The molecule has 0 aliphatic rings. The van der Waals surface area contributed by atoms with Crippen molar-refractivity contribution in [3.63, 3.8) is 0 Å². The number of anilines is 1. The average molecular weight is 389 g/mol. The third kappa shape index (κ3) is 4.79. The molecule has 0 saturated carbocycles. The van der Waals surface area contributed by atoms with Gasteiger partial charge in [0.1, 0.15) is 11.6 Å². The molecule has 0 aliphatic heterocycles. The third-order valence-electron chi connectivity index (χ3n) is 5.17. The maximum absolute atomic E-state index is 11.1. The fraction of sp³-hybridized carbons (Fsp3) is 0.346. The highest BCUT2D eigenvalue weighted by atomic mass is 16.3. The van der Waals surface area contributed by atoms with E-state index in [9.17, 15) is 5.11 Å². The van der Waals surface area contributed by atoms with Gasteiger partial charge in [0, 0.05) is 6.20 Å². The van der Waals surface area contributed by atoms with E-state index in [0.29, 0.717) is 5.75 Å². The number of phenolic OH excluding ortho intramolecular Hbond substituents is 1. The Bertz CT molecular complexity index is 916. The van der Waals surface area contributed by atoms with Crippen molar-refractivity contribution >= 4 is 5.82 Å². The molecule has 1 aromatic heterocycles. The van der Waals surface area contributed by atoms with Crippen molar-refractivity contribution < 1.29 is 5.11 Å². The maximum atomic E-state index is 11.1. The molecule has 3 heteroatoms. The number of nitrogens with zero attached hydrogens (tertiary/aromatic N) is 1. The Kier molecular flexibility index (Phi) is 5.70. The van der Waals surface area contributed by atoms with E-state index in [4.69, 9.17) is 0 Å². The molecule has 1 atom stereocenters. The maximum Gasteiger partial charge on any atom is 0.126 e. The minimum absolute atomic E-state index is 0.0751. The first-order chi connectivity index (χ1) is 13.6. The first-order valence-corrected chi connectivity index (χ1v) is 10.2. The molecule has 0 bridgehead atoms. The molecule has 3 nitrogen and oxygen atoms in total. The highest BCUT2D eigenvalue weighted by molar-refractivity contribution is 5.54. The molecule has 152 valence electrons. The lowest BCUT2D eigenvalue weighted by Crippen LogP contribution is -2.20. The Morgan fingerprint density at radius 2 is 1.31 bits per heavy atom. The van der Waals surface area contributed by atoms with Crippen molar-refractivity contribution in [2.24, 2.45) is 0 Å². The molecule has 3 rings (SSSR count). The molecule has 2 N–H and O–H groups in total. The molecule has 3 aromatic rings. The van der Waals surface area contributed by atoms with Gasteiger partial charge in [0.15, 0.2) is 0 Å². The zero-order valence-electron chi connectivity index (χ0n) is 18.3. The summed E-state index contributed by atoms with van der Waals surface area (Å²) in [5.41, 5.74) is 3.85. The van der Waals surface area contributed by atoms with E-state index in [0.717, 1.165) is 28.1 Å². The number of hydrogen-bond acceptors (Lipinski definition) is 3. The summed E-state index contributed by atoms with van der Waals surface area (Å²) in [4.78, 5) is 4.47. The second-order valence-corrected chi connectivity index (χ2v) is 9.67. The highest BCUT2D eigenvalue weighted by Crippen LogP contribution is 2.42. The normalized spacial score (nSPS) is 13.2. The third-order valence-corrected chi connectivity index (χ3v) is 5.17. The number of nitrogens with one attached hydrogen (secondary N) is 1. The lowest BCUT2D eigenvalue weighted by molar-refractivity contribution is 0.422. The number of benzene rings is 2. The van der Waals surface area contributed by atoms with Crippen LogP contribution in [0, 0.1) is 0 Å². The largest absolute Gasteiger partial charge is 0.507 e. The zero-order chi connectivity index (χ0) is 21.2. The van der Waals surface area contributed by atoms with Gasteiger partial charge in [0.2, 0.25) is 0 Å². The summed E-state index contributed by atoms with van der Waals surface area (Å²) in [7, 11) is 0. The lowest BCUT2D eigenvalue weighted by Gasteiger charge is -2.30. The molecule has 1 heterocycles. The van der Waals surface area contributed by atoms with Crippen LogP contribution >= 0.6 is 0 Å². The Hall–Kier alpha value is -2.81. The van der Waals surface area contributed by atoms with Crippen molar-refractivity contribution in [3.05, 3.63) is 89.1 Å². The average Bonchev–Trinajstić information content (AvgIpc) is 2.66. The fourth-order valence-corrected chi connectivity index (χ4v) is 3.57.